The van der Waals surface area contributed by atoms with Crippen LogP contribution in [0, 0.1) is 11.3 Å². The molecule has 176 valence electrons. The van der Waals surface area contributed by atoms with E-state index >= 15 is 0 Å². The summed E-state index contributed by atoms with van der Waals surface area (Å²) in [5.41, 5.74) is 2.84. The maximum Gasteiger partial charge on any atom is 0.256 e. The van der Waals surface area contributed by atoms with E-state index in [2.05, 4.69) is 26.1 Å². The number of carbonyl (C=O) groups excluding carboxylic acids is 1. The number of ether oxygens (including phenoxy) is 1. The van der Waals surface area contributed by atoms with Gasteiger partial charge in [0.25, 0.3) is 5.91 Å². The van der Waals surface area contributed by atoms with Crippen molar-refractivity contribution in [1.82, 2.24) is 14.7 Å². The number of fused-ring (bicyclic) bond motifs is 1. The van der Waals surface area contributed by atoms with Gasteiger partial charge < -0.3 is 10.1 Å². The van der Waals surface area contributed by atoms with Gasteiger partial charge in [0.05, 0.1) is 17.9 Å². The second kappa shape index (κ2) is 10.3. The Morgan fingerprint density at radius 2 is 1.89 bits per heavy atom. The Morgan fingerprint density at radius 1 is 1.09 bits per heavy atom. The molecule has 2 heterocycles. The summed E-state index contributed by atoms with van der Waals surface area (Å²) in [6.45, 7) is 0.120. The number of hydrogen-bond donors (Lipinski definition) is 2. The minimum atomic E-state index is -3.36. The summed E-state index contributed by atoms with van der Waals surface area (Å²) in [7, 11) is -3.36. The van der Waals surface area contributed by atoms with Crippen molar-refractivity contribution < 1.29 is 17.9 Å². The zero-order chi connectivity index (χ0) is 24.8. The topological polar surface area (TPSA) is 134 Å². The van der Waals surface area contributed by atoms with Crippen molar-refractivity contribution >= 4 is 32.8 Å². The van der Waals surface area contributed by atoms with Crippen LogP contribution in [0.4, 0.5) is 5.82 Å². The molecule has 0 aliphatic carbocycles. The molecule has 4 rings (SSSR count). The normalized spacial score (nSPS) is 11.1. The average Bonchev–Trinajstić information content (AvgIpc) is 2.86. The van der Waals surface area contributed by atoms with Gasteiger partial charge in [-0.15, -0.1) is 0 Å². The third-order valence-corrected chi connectivity index (χ3v) is 5.73. The molecular weight excluding hydrogens is 466 g/mol. The first-order valence-corrected chi connectivity index (χ1v) is 12.5. The Balaban J connectivity index is 1.59. The van der Waals surface area contributed by atoms with E-state index < -0.39 is 15.9 Å². The monoisotopic (exact) mass is 487 g/mol. The van der Waals surface area contributed by atoms with Crippen LogP contribution in [0.3, 0.4) is 0 Å². The van der Waals surface area contributed by atoms with Gasteiger partial charge in [0.1, 0.15) is 18.2 Å². The van der Waals surface area contributed by atoms with Crippen molar-refractivity contribution in [2.24, 2.45) is 0 Å². The molecule has 4 aromatic rings. The third-order valence-electron chi connectivity index (χ3n) is 5.00. The van der Waals surface area contributed by atoms with Crippen LogP contribution in [0.25, 0.3) is 22.2 Å². The number of aromatic nitrogens is 2. The van der Waals surface area contributed by atoms with Crippen molar-refractivity contribution in [2.45, 2.75) is 0 Å². The van der Waals surface area contributed by atoms with E-state index in [1.54, 1.807) is 54.7 Å². The van der Waals surface area contributed by atoms with E-state index in [0.717, 1.165) is 17.2 Å². The van der Waals surface area contributed by atoms with Gasteiger partial charge in [-0.25, -0.2) is 23.1 Å². The molecule has 0 fully saturated rings. The molecular formula is C25H21N5O4S. The van der Waals surface area contributed by atoms with Gasteiger partial charge in [0, 0.05) is 29.3 Å². The van der Waals surface area contributed by atoms with E-state index in [-0.39, 0.29) is 13.2 Å². The quantitative estimate of drug-likeness (QED) is 0.364. The fraction of sp³-hybridized carbons (Fsp3) is 0.120. The van der Waals surface area contributed by atoms with Crippen LogP contribution in [0.15, 0.2) is 72.9 Å². The molecule has 0 saturated heterocycles. The Labute approximate surface area is 202 Å². The smallest absolute Gasteiger partial charge is 0.256 e. The van der Waals surface area contributed by atoms with Gasteiger partial charge in [-0.1, -0.05) is 12.1 Å². The minimum Gasteiger partial charge on any atom is -0.492 e. The molecule has 0 saturated carbocycles. The number of carbonyl (C=O) groups is 1. The number of rotatable bonds is 8. The maximum atomic E-state index is 12.9. The predicted molar refractivity (Wildman–Crippen MR) is 132 cm³/mol. The summed E-state index contributed by atoms with van der Waals surface area (Å²) in [5, 5.41) is 12.7. The third kappa shape index (κ3) is 6.17. The highest BCUT2D eigenvalue weighted by Crippen LogP contribution is 2.31. The molecule has 9 nitrogen and oxygen atoms in total. The number of benzene rings is 2. The Bertz CT molecular complexity index is 1530. The average molecular weight is 488 g/mol. The molecule has 0 aliphatic rings. The van der Waals surface area contributed by atoms with E-state index in [1.807, 2.05) is 18.2 Å². The highest BCUT2D eigenvalue weighted by molar-refractivity contribution is 7.88. The second-order valence-electron chi connectivity index (χ2n) is 7.62. The Morgan fingerprint density at radius 3 is 2.63 bits per heavy atom. The van der Waals surface area contributed by atoms with Crippen molar-refractivity contribution in [2.75, 3.05) is 24.7 Å². The number of amides is 1. The SMILES string of the molecule is CS(=O)(=O)NCCOc1cc(C(=O)Nc2ccc3cccnc3n2)ccc1-c1ccc(C#N)cc1. The number of anilines is 1. The van der Waals surface area contributed by atoms with Crippen LogP contribution in [0.5, 0.6) is 5.75 Å². The molecule has 2 aromatic carbocycles. The number of nitrogens with zero attached hydrogens (tertiary/aromatic N) is 3. The van der Waals surface area contributed by atoms with E-state index in [0.29, 0.717) is 33.9 Å². The highest BCUT2D eigenvalue weighted by atomic mass is 32.2. The molecule has 2 N–H and O–H groups in total. The first-order chi connectivity index (χ1) is 16.8. The van der Waals surface area contributed by atoms with Crippen LogP contribution < -0.4 is 14.8 Å². The summed E-state index contributed by atoms with van der Waals surface area (Å²) in [5.74, 6) is 0.362. The van der Waals surface area contributed by atoms with Crippen molar-refractivity contribution in [3.63, 3.8) is 0 Å². The van der Waals surface area contributed by atoms with Crippen LogP contribution in [-0.4, -0.2) is 43.7 Å². The number of sulfonamides is 1. The zero-order valence-corrected chi connectivity index (χ0v) is 19.5. The van der Waals surface area contributed by atoms with Crippen molar-refractivity contribution in [3.8, 4) is 22.9 Å². The predicted octanol–water partition coefficient (Wildman–Crippen LogP) is 3.35. The van der Waals surface area contributed by atoms with Gasteiger partial charge in [0.15, 0.2) is 5.65 Å². The molecule has 0 unspecified atom stereocenters. The van der Waals surface area contributed by atoms with Crippen LogP contribution in [-0.2, 0) is 10.0 Å². The summed E-state index contributed by atoms with van der Waals surface area (Å²) in [6, 6.07) is 21.2. The largest absolute Gasteiger partial charge is 0.492 e. The Kier molecular flexibility index (Phi) is 7.01. The van der Waals surface area contributed by atoms with Crippen LogP contribution in [0.1, 0.15) is 15.9 Å². The highest BCUT2D eigenvalue weighted by Gasteiger charge is 2.14. The molecule has 1 amide bonds. The zero-order valence-electron chi connectivity index (χ0n) is 18.7. The number of nitrogens with one attached hydrogen (secondary N) is 2. The van der Waals surface area contributed by atoms with Gasteiger partial charge in [-0.2, -0.15) is 5.26 Å². The van der Waals surface area contributed by atoms with E-state index in [4.69, 9.17) is 10.00 Å². The lowest BCUT2D eigenvalue weighted by Crippen LogP contribution is -2.27. The van der Waals surface area contributed by atoms with Crippen molar-refractivity contribution in [1.29, 1.82) is 5.26 Å². The Hall–Kier alpha value is -4.33. The van der Waals surface area contributed by atoms with E-state index in [1.165, 1.54) is 0 Å². The molecule has 0 spiro atoms. The van der Waals surface area contributed by atoms with Gasteiger partial charge in [0.2, 0.25) is 10.0 Å². The number of nitriles is 1. The van der Waals surface area contributed by atoms with Gasteiger partial charge in [-0.3, -0.25) is 4.79 Å². The fourth-order valence-corrected chi connectivity index (χ4v) is 3.80. The van der Waals surface area contributed by atoms with Gasteiger partial charge in [-0.05, 0) is 60.2 Å². The lowest BCUT2D eigenvalue weighted by atomic mass is 10.0. The van der Waals surface area contributed by atoms with Crippen LogP contribution >= 0.6 is 0 Å². The standard InChI is InChI=1S/C25H21N5O4S/c1-35(32,33)28-13-14-34-22-15-20(8-10-21(22)18-6-4-17(16-26)5-7-18)25(31)30-23-11-9-19-3-2-12-27-24(19)29-23/h2-12,15,28H,13-14H2,1H3,(H,27,29,30,31). The molecule has 2 aromatic heterocycles. The molecule has 0 bridgehead atoms. The number of hydrogen-bond acceptors (Lipinski definition) is 7. The molecule has 35 heavy (non-hydrogen) atoms. The lowest BCUT2D eigenvalue weighted by molar-refractivity contribution is 0.102. The molecule has 0 radical (unpaired) electrons. The van der Waals surface area contributed by atoms with E-state index in [9.17, 15) is 13.2 Å². The first kappa shape index (κ1) is 23.8. The fourth-order valence-electron chi connectivity index (χ4n) is 3.34. The second-order valence-corrected chi connectivity index (χ2v) is 9.45. The molecule has 0 atom stereocenters. The summed E-state index contributed by atoms with van der Waals surface area (Å²) < 4.78 is 30.9. The summed E-state index contributed by atoms with van der Waals surface area (Å²) >= 11 is 0. The lowest BCUT2D eigenvalue weighted by Gasteiger charge is -2.14. The summed E-state index contributed by atoms with van der Waals surface area (Å²) in [4.78, 5) is 21.5. The van der Waals surface area contributed by atoms with Crippen molar-refractivity contribution in [3.05, 3.63) is 84.1 Å². The molecule has 10 heteroatoms. The molecule has 0 aliphatic heterocycles. The minimum absolute atomic E-state index is 0.0549. The summed E-state index contributed by atoms with van der Waals surface area (Å²) in [6.07, 6.45) is 2.70. The number of pyridine rings is 2. The van der Waals surface area contributed by atoms with Crippen LogP contribution in [0.2, 0.25) is 0 Å². The van der Waals surface area contributed by atoms with Gasteiger partial charge >= 0.3 is 0 Å². The first-order valence-electron chi connectivity index (χ1n) is 10.6. The maximum absolute atomic E-state index is 12.9.